The summed E-state index contributed by atoms with van der Waals surface area (Å²) in [5, 5.41) is 0. The van der Waals surface area contributed by atoms with Crippen molar-refractivity contribution in [3.8, 4) is 5.75 Å². The molecule has 0 aliphatic heterocycles. The van der Waals surface area contributed by atoms with E-state index < -0.39 is 11.9 Å². The molecule has 0 spiro atoms. The zero-order valence-corrected chi connectivity index (χ0v) is 11.6. The van der Waals surface area contributed by atoms with E-state index in [1.54, 1.807) is 31.4 Å². The van der Waals surface area contributed by atoms with Crippen LogP contribution in [0.2, 0.25) is 0 Å². The zero-order valence-electron chi connectivity index (χ0n) is 11.6. The fraction of sp³-hybridized carbons (Fsp3) is 0.333. The Bertz CT molecular complexity index is 462. The maximum absolute atomic E-state index is 11.6. The van der Waals surface area contributed by atoms with Gasteiger partial charge in [0.15, 0.2) is 0 Å². The van der Waals surface area contributed by atoms with Gasteiger partial charge in [0.2, 0.25) is 0 Å². The summed E-state index contributed by atoms with van der Waals surface area (Å²) in [6.45, 7) is 2.37. The third-order valence-corrected chi connectivity index (χ3v) is 2.45. The van der Waals surface area contributed by atoms with E-state index in [1.807, 2.05) is 6.92 Å². The zero-order chi connectivity index (χ0) is 14.8. The predicted octanol–water partition coefficient (Wildman–Crippen LogP) is 2.71. The minimum absolute atomic E-state index is 0.367. The molecule has 0 aromatic heterocycles. The van der Waals surface area contributed by atoms with E-state index in [2.05, 4.69) is 0 Å². The number of benzene rings is 1. The Morgan fingerprint density at radius 2 is 1.90 bits per heavy atom. The number of hydrogen-bond donors (Lipinski definition) is 0. The standard InChI is InChI=1S/C15H18O5/c1-3-4-10-19-14(16)9-11-20-15(17)12-5-7-13(18-2)8-6-12/h5-9,11H,3-4,10H2,1-2H3/b11-9+. The van der Waals surface area contributed by atoms with Gasteiger partial charge in [-0.25, -0.2) is 9.59 Å². The number of rotatable bonds is 7. The third kappa shape index (κ3) is 5.56. The second-order valence-electron chi connectivity index (χ2n) is 3.96. The summed E-state index contributed by atoms with van der Waals surface area (Å²) < 4.78 is 14.7. The third-order valence-electron chi connectivity index (χ3n) is 2.45. The van der Waals surface area contributed by atoms with Crippen LogP contribution in [0.5, 0.6) is 5.75 Å². The van der Waals surface area contributed by atoms with Gasteiger partial charge in [-0.05, 0) is 30.7 Å². The summed E-state index contributed by atoms with van der Waals surface area (Å²) >= 11 is 0. The van der Waals surface area contributed by atoms with Gasteiger partial charge >= 0.3 is 11.9 Å². The van der Waals surface area contributed by atoms with Crippen molar-refractivity contribution in [1.82, 2.24) is 0 Å². The first-order valence-electron chi connectivity index (χ1n) is 6.35. The second kappa shape index (κ2) is 8.74. The molecule has 0 aliphatic carbocycles. The first-order chi connectivity index (χ1) is 9.67. The summed E-state index contributed by atoms with van der Waals surface area (Å²) in [6.07, 6.45) is 3.87. The molecule has 0 saturated carbocycles. The monoisotopic (exact) mass is 278 g/mol. The van der Waals surface area contributed by atoms with Crippen LogP contribution in [-0.4, -0.2) is 25.7 Å². The number of hydrogen-bond acceptors (Lipinski definition) is 5. The van der Waals surface area contributed by atoms with Crippen molar-refractivity contribution in [2.24, 2.45) is 0 Å². The lowest BCUT2D eigenvalue weighted by Gasteiger charge is -2.02. The van der Waals surface area contributed by atoms with Gasteiger partial charge in [-0.3, -0.25) is 0 Å². The van der Waals surface area contributed by atoms with Crippen molar-refractivity contribution < 1.29 is 23.8 Å². The molecule has 1 aromatic rings. The van der Waals surface area contributed by atoms with Crippen molar-refractivity contribution in [2.45, 2.75) is 19.8 Å². The molecule has 0 radical (unpaired) electrons. The first-order valence-corrected chi connectivity index (χ1v) is 6.35. The van der Waals surface area contributed by atoms with Gasteiger partial charge < -0.3 is 14.2 Å². The molecule has 0 unspecified atom stereocenters. The highest BCUT2D eigenvalue weighted by Gasteiger charge is 2.05. The number of carbonyl (C=O) groups is 2. The molecule has 20 heavy (non-hydrogen) atoms. The Labute approximate surface area is 118 Å². The number of carbonyl (C=O) groups excluding carboxylic acids is 2. The van der Waals surface area contributed by atoms with Gasteiger partial charge in [-0.15, -0.1) is 0 Å². The van der Waals surface area contributed by atoms with Crippen LogP contribution in [0.15, 0.2) is 36.6 Å². The highest BCUT2D eigenvalue weighted by Crippen LogP contribution is 2.12. The molecule has 0 fully saturated rings. The normalized spacial score (nSPS) is 10.3. The van der Waals surface area contributed by atoms with Gasteiger partial charge in [0.05, 0.1) is 25.4 Å². The Kier molecular flexibility index (Phi) is 6.89. The van der Waals surface area contributed by atoms with Crippen molar-refractivity contribution in [2.75, 3.05) is 13.7 Å². The van der Waals surface area contributed by atoms with Gasteiger partial charge in [0.1, 0.15) is 12.0 Å². The largest absolute Gasteiger partial charge is 0.497 e. The summed E-state index contributed by atoms with van der Waals surface area (Å²) in [5.41, 5.74) is 0.370. The molecule has 0 bridgehead atoms. The smallest absolute Gasteiger partial charge is 0.342 e. The average molecular weight is 278 g/mol. The van der Waals surface area contributed by atoms with Crippen LogP contribution in [0.1, 0.15) is 30.1 Å². The summed E-state index contributed by atoms with van der Waals surface area (Å²) in [4.78, 5) is 22.8. The summed E-state index contributed by atoms with van der Waals surface area (Å²) in [7, 11) is 1.54. The molecule has 0 N–H and O–H groups in total. The molecule has 1 aromatic carbocycles. The van der Waals surface area contributed by atoms with Crippen LogP contribution in [0, 0.1) is 0 Å². The number of unbranched alkanes of at least 4 members (excludes halogenated alkanes) is 1. The molecule has 1 rings (SSSR count). The summed E-state index contributed by atoms with van der Waals surface area (Å²) in [6, 6.07) is 6.46. The number of methoxy groups -OCH3 is 1. The fourth-order valence-electron chi connectivity index (χ4n) is 1.31. The molecule has 0 aliphatic rings. The Balaban J connectivity index is 2.39. The maximum atomic E-state index is 11.6. The van der Waals surface area contributed by atoms with Gasteiger partial charge in [0.25, 0.3) is 0 Å². The lowest BCUT2D eigenvalue weighted by atomic mass is 10.2. The van der Waals surface area contributed by atoms with Crippen molar-refractivity contribution in [1.29, 1.82) is 0 Å². The van der Waals surface area contributed by atoms with Crippen LogP contribution in [0.4, 0.5) is 0 Å². The van der Waals surface area contributed by atoms with Gasteiger partial charge in [-0.2, -0.15) is 0 Å². The summed E-state index contributed by atoms with van der Waals surface area (Å²) in [5.74, 6) is -0.428. The van der Waals surface area contributed by atoms with Crippen molar-refractivity contribution in [3.63, 3.8) is 0 Å². The van der Waals surface area contributed by atoms with Gasteiger partial charge in [0, 0.05) is 0 Å². The van der Waals surface area contributed by atoms with Crippen LogP contribution in [0.25, 0.3) is 0 Å². The SMILES string of the molecule is CCCCOC(=O)/C=C/OC(=O)c1ccc(OC)cc1. The van der Waals surface area contributed by atoms with Crippen LogP contribution >= 0.6 is 0 Å². The Morgan fingerprint density at radius 3 is 2.50 bits per heavy atom. The molecule has 0 amide bonds. The van der Waals surface area contributed by atoms with E-state index in [4.69, 9.17) is 14.2 Å². The fourth-order valence-corrected chi connectivity index (χ4v) is 1.31. The highest BCUT2D eigenvalue weighted by molar-refractivity contribution is 5.90. The minimum atomic E-state index is -0.551. The highest BCUT2D eigenvalue weighted by atomic mass is 16.5. The maximum Gasteiger partial charge on any atom is 0.342 e. The molecule has 0 atom stereocenters. The topological polar surface area (TPSA) is 61.8 Å². The van der Waals surface area contributed by atoms with E-state index in [-0.39, 0.29) is 0 Å². The molecule has 5 nitrogen and oxygen atoms in total. The molecule has 0 heterocycles. The number of esters is 2. The van der Waals surface area contributed by atoms with E-state index >= 15 is 0 Å². The molecule has 108 valence electrons. The van der Waals surface area contributed by atoms with Crippen LogP contribution in [-0.2, 0) is 14.3 Å². The Hall–Kier alpha value is -2.30. The molecular formula is C15H18O5. The van der Waals surface area contributed by atoms with Crippen molar-refractivity contribution in [3.05, 3.63) is 42.2 Å². The van der Waals surface area contributed by atoms with E-state index in [0.717, 1.165) is 25.2 Å². The van der Waals surface area contributed by atoms with Crippen LogP contribution in [0.3, 0.4) is 0 Å². The van der Waals surface area contributed by atoms with E-state index in [1.165, 1.54) is 0 Å². The quantitative estimate of drug-likeness (QED) is 0.332. The van der Waals surface area contributed by atoms with E-state index in [0.29, 0.717) is 17.9 Å². The first kappa shape index (κ1) is 15.8. The minimum Gasteiger partial charge on any atom is -0.497 e. The molecule has 0 saturated heterocycles. The average Bonchev–Trinajstić information content (AvgIpc) is 2.47. The number of ether oxygens (including phenoxy) is 3. The predicted molar refractivity (Wildman–Crippen MR) is 73.4 cm³/mol. The molecular weight excluding hydrogens is 260 g/mol. The van der Waals surface area contributed by atoms with Gasteiger partial charge in [-0.1, -0.05) is 13.3 Å². The van der Waals surface area contributed by atoms with Crippen molar-refractivity contribution >= 4 is 11.9 Å². The lowest BCUT2D eigenvalue weighted by molar-refractivity contribution is -0.137. The second-order valence-corrected chi connectivity index (χ2v) is 3.96. The lowest BCUT2D eigenvalue weighted by Crippen LogP contribution is -2.04. The van der Waals surface area contributed by atoms with Crippen LogP contribution < -0.4 is 4.74 Å². The molecule has 5 heteroatoms. The Morgan fingerprint density at radius 1 is 1.20 bits per heavy atom. The van der Waals surface area contributed by atoms with E-state index in [9.17, 15) is 9.59 Å².